The first kappa shape index (κ1) is 19.2. The van der Waals surface area contributed by atoms with Crippen LogP contribution in [0, 0.1) is 6.92 Å². The Morgan fingerprint density at radius 1 is 0.963 bits per heavy atom. The van der Waals surface area contributed by atoms with Gasteiger partial charge in [-0.3, -0.25) is 0 Å². The van der Waals surface area contributed by atoms with Gasteiger partial charge in [0.1, 0.15) is 0 Å². The molecule has 0 saturated carbocycles. The van der Waals surface area contributed by atoms with Gasteiger partial charge in [-0.05, 0) is 34.2 Å². The predicted octanol–water partition coefficient (Wildman–Crippen LogP) is 7.44. The smallest absolute Gasteiger partial charge is 0.0931 e. The van der Waals surface area contributed by atoms with Crippen molar-refractivity contribution in [1.29, 1.82) is 0 Å². The van der Waals surface area contributed by atoms with Gasteiger partial charge >= 0.3 is 0 Å². The Morgan fingerprint density at radius 3 is 2.48 bits per heavy atom. The molecule has 134 valence electrons. The minimum atomic E-state index is -0.976. The Bertz CT molecular complexity index is 1190. The Labute approximate surface area is 185 Å². The number of thiophene rings is 1. The van der Waals surface area contributed by atoms with Gasteiger partial charge in [0, 0.05) is 31.7 Å². The summed E-state index contributed by atoms with van der Waals surface area (Å²) < 4.78 is 0. The molecule has 1 aliphatic carbocycles. The molecule has 0 fully saturated rings. The number of fused-ring (bicyclic) bond motifs is 3. The second-order valence-electron chi connectivity index (χ2n) is 8.28. The maximum atomic E-state index is 2.50. The molecule has 0 N–H and O–H groups in total. The molecular weight excluding hydrogens is 440 g/mol. The van der Waals surface area contributed by atoms with E-state index in [2.05, 4.69) is 86.2 Å². The molecule has 0 radical (unpaired) electrons. The summed E-state index contributed by atoms with van der Waals surface area (Å²) in [6.45, 7) is 9.48. The van der Waals surface area contributed by atoms with Gasteiger partial charge in [0.05, 0.1) is 8.07 Å². The van der Waals surface area contributed by atoms with Crippen LogP contribution in [-0.4, -0.2) is 8.07 Å². The summed E-state index contributed by atoms with van der Waals surface area (Å²) in [5.74, 6) is 0. The fourth-order valence-corrected chi connectivity index (χ4v) is 10.8. The van der Waals surface area contributed by atoms with Crippen LogP contribution in [0.4, 0.5) is 0 Å². The number of benzene rings is 2. The monoisotopic (exact) mass is 461 g/mol. The van der Waals surface area contributed by atoms with E-state index in [1.807, 2.05) is 11.3 Å². The van der Waals surface area contributed by atoms with Gasteiger partial charge in [-0.1, -0.05) is 66.5 Å². The van der Waals surface area contributed by atoms with Crippen molar-refractivity contribution in [2.75, 3.05) is 0 Å². The van der Waals surface area contributed by atoms with Gasteiger partial charge in [-0.15, -0.1) is 28.5 Å². The van der Waals surface area contributed by atoms with Crippen LogP contribution in [-0.2, 0) is 26.2 Å². The molecular formula is C24H23SSiZr-. The minimum absolute atomic E-state index is 0. The first-order chi connectivity index (χ1) is 12.5. The van der Waals surface area contributed by atoms with Gasteiger partial charge in [0.25, 0.3) is 0 Å². The normalized spacial score (nSPS) is 18.6. The van der Waals surface area contributed by atoms with Crippen molar-refractivity contribution in [3.05, 3.63) is 81.6 Å². The van der Waals surface area contributed by atoms with E-state index in [-0.39, 0.29) is 26.2 Å². The number of hydrogen-bond acceptors (Lipinski definition) is 1. The summed E-state index contributed by atoms with van der Waals surface area (Å²) in [5, 5.41) is 11.9. The molecule has 0 nitrogen and oxygen atoms in total. The van der Waals surface area contributed by atoms with Crippen LogP contribution in [0.25, 0.3) is 26.7 Å². The van der Waals surface area contributed by atoms with Gasteiger partial charge in [-0.25, -0.2) is 0 Å². The van der Waals surface area contributed by atoms with E-state index in [9.17, 15) is 0 Å². The van der Waals surface area contributed by atoms with E-state index >= 15 is 0 Å². The number of aryl methyl sites for hydroxylation is 1. The first-order valence-electron chi connectivity index (χ1n) is 9.31. The molecule has 1 atom stereocenters. The van der Waals surface area contributed by atoms with Crippen molar-refractivity contribution in [2.45, 2.75) is 32.5 Å². The van der Waals surface area contributed by atoms with Crippen LogP contribution in [0.1, 0.15) is 29.2 Å². The summed E-state index contributed by atoms with van der Waals surface area (Å²) in [7, 11) is -0.976. The standard InChI is InChI=1S/C14H11.C10H12SSi.Zr/c1-10-8-12-7-6-11-4-2-3-5-13(11)14(12)9-10;1-6-9-7-4-11-5-8(7)10(6)12(9,2)3;/h2-9H,1H3;4-5,9H,1-3H3;/q-1;;. The largest absolute Gasteiger partial charge is 0.165 e. The zero-order valence-electron chi connectivity index (χ0n) is 16.3. The Balaban J connectivity index is 0.000000130. The summed E-state index contributed by atoms with van der Waals surface area (Å²) in [6, 6.07) is 17.4. The number of allylic oxidation sites excluding steroid dienone is 1. The third-order valence-electron chi connectivity index (χ3n) is 6.23. The SMILES string of the molecule is CC1=C2c3cscc3C1[Si]2(C)C.Cc1cc2c(ccc3ccccc32)[cH-]1.[Zr]. The van der Waals surface area contributed by atoms with Crippen LogP contribution >= 0.6 is 11.3 Å². The van der Waals surface area contributed by atoms with E-state index in [0.717, 1.165) is 5.54 Å². The van der Waals surface area contributed by atoms with Crippen molar-refractivity contribution < 1.29 is 26.2 Å². The Hall–Kier alpha value is -1.15. The zero-order valence-corrected chi connectivity index (χ0v) is 20.5. The fourth-order valence-electron chi connectivity index (χ4n) is 5.29. The van der Waals surface area contributed by atoms with E-state index in [0.29, 0.717) is 0 Å². The maximum Gasteiger partial charge on any atom is 0.0931 e. The van der Waals surface area contributed by atoms with Gasteiger partial charge in [0.15, 0.2) is 0 Å². The molecule has 3 heteroatoms. The molecule has 3 aliphatic rings. The Morgan fingerprint density at radius 2 is 1.74 bits per heavy atom. The summed E-state index contributed by atoms with van der Waals surface area (Å²) in [5.41, 5.74) is 7.18. The molecule has 0 amide bonds. The molecule has 3 aromatic carbocycles. The molecule has 1 aromatic heterocycles. The second kappa shape index (κ2) is 6.72. The van der Waals surface area contributed by atoms with Crippen LogP contribution in [0.5, 0.6) is 0 Å². The molecule has 3 heterocycles. The Kier molecular flexibility index (Phi) is 4.78. The summed E-state index contributed by atoms with van der Waals surface area (Å²) in [6.07, 6.45) is 0. The second-order valence-corrected chi connectivity index (χ2v) is 13.5. The molecule has 2 aliphatic heterocycles. The summed E-state index contributed by atoms with van der Waals surface area (Å²) >= 11 is 1.87. The molecule has 27 heavy (non-hydrogen) atoms. The minimum Gasteiger partial charge on any atom is -0.165 e. The zero-order chi connectivity index (χ0) is 18.1. The average molecular weight is 463 g/mol. The van der Waals surface area contributed by atoms with E-state index < -0.39 is 8.07 Å². The first-order valence-corrected chi connectivity index (χ1v) is 13.3. The maximum absolute atomic E-state index is 2.50. The van der Waals surface area contributed by atoms with Crippen molar-refractivity contribution >= 4 is 46.2 Å². The fraction of sp³-hybridized carbons (Fsp3) is 0.208. The molecule has 2 bridgehead atoms. The van der Waals surface area contributed by atoms with Crippen molar-refractivity contribution in [3.8, 4) is 0 Å². The van der Waals surface area contributed by atoms with Crippen molar-refractivity contribution in [1.82, 2.24) is 0 Å². The predicted molar refractivity (Wildman–Crippen MR) is 119 cm³/mol. The molecule has 1 unspecified atom stereocenters. The molecule has 4 aromatic rings. The quantitative estimate of drug-likeness (QED) is 0.188. The average Bonchev–Trinajstić information content (AvgIpc) is 3.31. The van der Waals surface area contributed by atoms with Crippen LogP contribution in [0.2, 0.25) is 13.1 Å². The van der Waals surface area contributed by atoms with Crippen LogP contribution in [0.15, 0.2) is 64.9 Å². The summed E-state index contributed by atoms with van der Waals surface area (Å²) in [4.78, 5) is 0. The molecule has 0 spiro atoms. The topological polar surface area (TPSA) is 0 Å². The number of rotatable bonds is 0. The van der Waals surface area contributed by atoms with E-state index in [1.54, 1.807) is 21.9 Å². The number of hydrogen-bond donors (Lipinski definition) is 0. The molecule has 0 saturated heterocycles. The van der Waals surface area contributed by atoms with Crippen molar-refractivity contribution in [3.63, 3.8) is 0 Å². The third kappa shape index (κ3) is 2.74. The van der Waals surface area contributed by atoms with Crippen LogP contribution < -0.4 is 0 Å². The van der Waals surface area contributed by atoms with Crippen molar-refractivity contribution in [2.24, 2.45) is 0 Å². The third-order valence-corrected chi connectivity index (χ3v) is 11.1. The van der Waals surface area contributed by atoms with Gasteiger partial charge < -0.3 is 0 Å². The van der Waals surface area contributed by atoms with Gasteiger partial charge in [-0.2, -0.15) is 17.4 Å². The van der Waals surface area contributed by atoms with E-state index in [1.165, 1.54) is 27.1 Å². The van der Waals surface area contributed by atoms with E-state index in [4.69, 9.17) is 0 Å². The van der Waals surface area contributed by atoms with Crippen LogP contribution in [0.3, 0.4) is 0 Å². The molecule has 7 rings (SSSR count). The van der Waals surface area contributed by atoms with Gasteiger partial charge in [0.2, 0.25) is 0 Å².